The Labute approximate surface area is 181 Å². The van der Waals surface area contributed by atoms with Crippen LogP contribution in [0.1, 0.15) is 67.5 Å². The van der Waals surface area contributed by atoms with Crippen LogP contribution in [-0.2, 0) is 0 Å². The molecule has 1 N–H and O–H groups in total. The van der Waals surface area contributed by atoms with Crippen molar-refractivity contribution in [1.29, 1.82) is 0 Å². The summed E-state index contributed by atoms with van der Waals surface area (Å²) in [6, 6.07) is 18.0. The van der Waals surface area contributed by atoms with E-state index in [0.717, 1.165) is 11.1 Å². The van der Waals surface area contributed by atoms with E-state index in [2.05, 4.69) is 19.2 Å². The van der Waals surface area contributed by atoms with Crippen molar-refractivity contribution in [2.75, 3.05) is 10.2 Å². The highest BCUT2D eigenvalue weighted by molar-refractivity contribution is 6.35. The van der Waals surface area contributed by atoms with Gasteiger partial charge in [-0.3, -0.25) is 14.4 Å². The third kappa shape index (κ3) is 3.75. The monoisotopic (exact) mass is 412 g/mol. The van der Waals surface area contributed by atoms with Crippen molar-refractivity contribution in [1.82, 2.24) is 0 Å². The number of aryl methyl sites for hydroxylation is 2. The molecule has 0 bridgehead atoms. The molecule has 0 atom stereocenters. The Morgan fingerprint density at radius 1 is 0.839 bits per heavy atom. The molecule has 5 heteroatoms. The van der Waals surface area contributed by atoms with Crippen molar-refractivity contribution in [2.45, 2.75) is 33.6 Å². The number of anilines is 2. The van der Waals surface area contributed by atoms with Gasteiger partial charge < -0.3 is 5.32 Å². The molecule has 3 aromatic carbocycles. The molecule has 3 amide bonds. The summed E-state index contributed by atoms with van der Waals surface area (Å²) >= 11 is 0. The van der Waals surface area contributed by atoms with E-state index in [0.29, 0.717) is 28.4 Å². The molecular weight excluding hydrogens is 388 g/mol. The smallest absolute Gasteiger partial charge is 0.266 e. The average Bonchev–Trinajstić information content (AvgIpc) is 3.00. The third-order valence-electron chi connectivity index (χ3n) is 5.59. The zero-order valence-electron chi connectivity index (χ0n) is 18.0. The van der Waals surface area contributed by atoms with Crippen LogP contribution in [0.5, 0.6) is 0 Å². The van der Waals surface area contributed by atoms with Crippen LogP contribution in [0.25, 0.3) is 0 Å². The Morgan fingerprint density at radius 2 is 1.52 bits per heavy atom. The lowest BCUT2D eigenvalue weighted by Gasteiger charge is -2.17. The van der Waals surface area contributed by atoms with Crippen molar-refractivity contribution < 1.29 is 14.4 Å². The number of hydrogen-bond donors (Lipinski definition) is 1. The van der Waals surface area contributed by atoms with Crippen molar-refractivity contribution >= 4 is 29.1 Å². The molecular formula is C26H24N2O3. The Hall–Kier alpha value is -3.73. The van der Waals surface area contributed by atoms with E-state index in [1.807, 2.05) is 56.3 Å². The van der Waals surface area contributed by atoms with Gasteiger partial charge in [0.15, 0.2) is 0 Å². The molecule has 0 unspecified atom stereocenters. The van der Waals surface area contributed by atoms with Crippen LogP contribution in [0.15, 0.2) is 60.7 Å². The molecule has 4 rings (SSSR count). The lowest BCUT2D eigenvalue weighted by Crippen LogP contribution is -2.30. The second-order valence-electron chi connectivity index (χ2n) is 8.23. The summed E-state index contributed by atoms with van der Waals surface area (Å²) in [4.78, 5) is 40.0. The predicted octanol–water partition coefficient (Wildman–Crippen LogP) is 5.48. The molecule has 0 aromatic heterocycles. The van der Waals surface area contributed by atoms with Crippen molar-refractivity contribution in [3.63, 3.8) is 0 Å². The molecule has 1 heterocycles. The van der Waals surface area contributed by atoms with E-state index in [1.165, 1.54) is 16.5 Å². The largest absolute Gasteiger partial charge is 0.322 e. The molecule has 156 valence electrons. The Morgan fingerprint density at radius 3 is 2.19 bits per heavy atom. The van der Waals surface area contributed by atoms with Gasteiger partial charge in [-0.05, 0) is 72.9 Å². The van der Waals surface area contributed by atoms with E-state index in [4.69, 9.17) is 0 Å². The van der Waals surface area contributed by atoms with Crippen LogP contribution in [0.3, 0.4) is 0 Å². The maximum atomic E-state index is 13.1. The lowest BCUT2D eigenvalue weighted by molar-refractivity contribution is 0.0925. The summed E-state index contributed by atoms with van der Waals surface area (Å²) < 4.78 is 0. The van der Waals surface area contributed by atoms with Gasteiger partial charge in [-0.2, -0.15) is 0 Å². The lowest BCUT2D eigenvalue weighted by atomic mass is 10.0. The number of amides is 3. The fourth-order valence-corrected chi connectivity index (χ4v) is 3.72. The second kappa shape index (κ2) is 7.84. The maximum absolute atomic E-state index is 13.1. The first-order valence-electron chi connectivity index (χ1n) is 10.3. The molecule has 0 fully saturated rings. The molecule has 0 saturated heterocycles. The summed E-state index contributed by atoms with van der Waals surface area (Å²) in [6.45, 7) is 7.99. The van der Waals surface area contributed by atoms with Crippen LogP contribution in [0.2, 0.25) is 0 Å². The third-order valence-corrected chi connectivity index (χ3v) is 5.59. The zero-order chi connectivity index (χ0) is 22.3. The van der Waals surface area contributed by atoms with E-state index in [-0.39, 0.29) is 17.4 Å². The van der Waals surface area contributed by atoms with Crippen LogP contribution < -0.4 is 10.2 Å². The Bertz CT molecular complexity index is 1210. The summed E-state index contributed by atoms with van der Waals surface area (Å²) in [5, 5.41) is 2.85. The van der Waals surface area contributed by atoms with Crippen molar-refractivity contribution in [3.05, 3.63) is 94.0 Å². The van der Waals surface area contributed by atoms with Crippen LogP contribution >= 0.6 is 0 Å². The van der Waals surface area contributed by atoms with Gasteiger partial charge in [-0.1, -0.05) is 38.1 Å². The van der Waals surface area contributed by atoms with Gasteiger partial charge in [-0.15, -0.1) is 0 Å². The Kier molecular flexibility index (Phi) is 5.19. The minimum absolute atomic E-state index is 0.244. The zero-order valence-corrected chi connectivity index (χ0v) is 18.0. The minimum Gasteiger partial charge on any atom is -0.322 e. The Balaban J connectivity index is 1.61. The number of benzene rings is 3. The number of rotatable bonds is 4. The minimum atomic E-state index is -0.412. The van der Waals surface area contributed by atoms with E-state index in [9.17, 15) is 14.4 Å². The van der Waals surface area contributed by atoms with Gasteiger partial charge in [0, 0.05) is 11.3 Å². The number of carbonyl (C=O) groups is 3. The number of nitrogens with zero attached hydrogens (tertiary/aromatic N) is 1. The fraction of sp³-hybridized carbons (Fsp3) is 0.192. The molecule has 0 saturated carbocycles. The number of fused-ring (bicyclic) bond motifs is 1. The van der Waals surface area contributed by atoms with E-state index >= 15 is 0 Å². The average molecular weight is 412 g/mol. The molecule has 0 aliphatic carbocycles. The van der Waals surface area contributed by atoms with Gasteiger partial charge in [0.25, 0.3) is 17.7 Å². The van der Waals surface area contributed by atoms with Crippen LogP contribution in [-0.4, -0.2) is 17.7 Å². The highest BCUT2D eigenvalue weighted by Crippen LogP contribution is 2.32. The van der Waals surface area contributed by atoms with Crippen molar-refractivity contribution in [3.8, 4) is 0 Å². The van der Waals surface area contributed by atoms with Gasteiger partial charge in [-0.25, -0.2) is 4.90 Å². The molecule has 31 heavy (non-hydrogen) atoms. The highest BCUT2D eigenvalue weighted by Gasteiger charge is 2.37. The van der Waals surface area contributed by atoms with Crippen LogP contribution in [0, 0.1) is 13.8 Å². The van der Waals surface area contributed by atoms with Gasteiger partial charge >= 0.3 is 0 Å². The predicted molar refractivity (Wildman–Crippen MR) is 122 cm³/mol. The standard InChI is InChI=1S/C26H24N2O3/c1-15(2)18-7-10-20(11-8-18)27-24(29)19-9-12-21-22(14-19)26(31)28(25(21)30)23-13-16(3)5-6-17(23)4/h5-15H,1-4H3,(H,27,29). The first kappa shape index (κ1) is 20.5. The fourth-order valence-electron chi connectivity index (χ4n) is 3.72. The molecule has 5 nitrogen and oxygen atoms in total. The summed E-state index contributed by atoms with van der Waals surface area (Å²) in [7, 11) is 0. The molecule has 0 spiro atoms. The quantitative estimate of drug-likeness (QED) is 0.577. The second-order valence-corrected chi connectivity index (χ2v) is 8.23. The molecule has 1 aliphatic heterocycles. The van der Waals surface area contributed by atoms with Crippen LogP contribution in [0.4, 0.5) is 11.4 Å². The van der Waals surface area contributed by atoms with Gasteiger partial charge in [0.05, 0.1) is 16.8 Å². The summed E-state index contributed by atoms with van der Waals surface area (Å²) in [5.41, 5.74) is 5.11. The number of imide groups is 1. The van der Waals surface area contributed by atoms with Gasteiger partial charge in [0.1, 0.15) is 0 Å². The van der Waals surface area contributed by atoms with E-state index in [1.54, 1.807) is 12.1 Å². The SMILES string of the molecule is Cc1ccc(C)c(N2C(=O)c3ccc(C(=O)Nc4ccc(C(C)C)cc4)cc3C2=O)c1. The number of hydrogen-bond acceptors (Lipinski definition) is 3. The van der Waals surface area contributed by atoms with Gasteiger partial charge in [0.2, 0.25) is 0 Å². The molecule has 1 aliphatic rings. The highest BCUT2D eigenvalue weighted by atomic mass is 16.2. The topological polar surface area (TPSA) is 66.5 Å². The number of nitrogens with one attached hydrogen (secondary N) is 1. The molecule has 0 radical (unpaired) electrons. The van der Waals surface area contributed by atoms with E-state index < -0.39 is 5.91 Å². The van der Waals surface area contributed by atoms with Crippen molar-refractivity contribution in [2.24, 2.45) is 0 Å². The number of carbonyl (C=O) groups excluding carboxylic acids is 3. The normalized spacial score (nSPS) is 13.0. The molecule has 3 aromatic rings. The summed E-state index contributed by atoms with van der Waals surface area (Å²) in [5.74, 6) is -0.704. The first-order valence-corrected chi connectivity index (χ1v) is 10.3. The maximum Gasteiger partial charge on any atom is 0.266 e. The summed E-state index contributed by atoms with van der Waals surface area (Å²) in [6.07, 6.45) is 0. The first-order chi connectivity index (χ1) is 14.8.